The lowest BCUT2D eigenvalue weighted by atomic mass is 10.1. The molecule has 1 atom stereocenters. The van der Waals surface area contributed by atoms with Gasteiger partial charge in [0.25, 0.3) is 0 Å². The SMILES string of the molecule is COC(=O)C(CCC(=O)Oc1ccccn1)NC(=O)OC(C)(C)C. The fourth-order valence-corrected chi connectivity index (χ4v) is 1.68. The second-order valence-electron chi connectivity index (χ2n) is 5.90. The Morgan fingerprint density at radius 3 is 2.50 bits per heavy atom. The van der Waals surface area contributed by atoms with Crippen LogP contribution >= 0.6 is 0 Å². The molecule has 0 saturated carbocycles. The summed E-state index contributed by atoms with van der Waals surface area (Å²) in [6, 6.07) is 3.89. The number of aromatic nitrogens is 1. The number of ether oxygens (including phenoxy) is 3. The molecular formula is C16H22N2O6. The van der Waals surface area contributed by atoms with Gasteiger partial charge in [0.1, 0.15) is 11.6 Å². The van der Waals surface area contributed by atoms with Crippen LogP contribution in [0.1, 0.15) is 33.6 Å². The zero-order chi connectivity index (χ0) is 18.2. The molecule has 0 spiro atoms. The highest BCUT2D eigenvalue weighted by Crippen LogP contribution is 2.10. The summed E-state index contributed by atoms with van der Waals surface area (Å²) in [6.45, 7) is 5.10. The molecule has 1 N–H and O–H groups in total. The molecule has 1 heterocycles. The third-order valence-corrected chi connectivity index (χ3v) is 2.67. The molecule has 1 aromatic heterocycles. The predicted molar refractivity (Wildman–Crippen MR) is 84.3 cm³/mol. The summed E-state index contributed by atoms with van der Waals surface area (Å²) >= 11 is 0. The molecule has 24 heavy (non-hydrogen) atoms. The molecule has 132 valence electrons. The number of methoxy groups -OCH3 is 1. The van der Waals surface area contributed by atoms with Crippen molar-refractivity contribution in [1.82, 2.24) is 10.3 Å². The standard InChI is InChI=1S/C16H22N2O6/c1-16(2,3)24-15(21)18-11(14(20)22-4)8-9-13(19)23-12-7-5-6-10-17-12/h5-7,10-11H,8-9H2,1-4H3,(H,18,21). The van der Waals surface area contributed by atoms with Gasteiger partial charge in [0, 0.05) is 18.7 Å². The van der Waals surface area contributed by atoms with E-state index in [1.807, 2.05) is 0 Å². The number of rotatable bonds is 6. The number of carbonyl (C=O) groups excluding carboxylic acids is 3. The highest BCUT2D eigenvalue weighted by molar-refractivity contribution is 5.82. The third-order valence-electron chi connectivity index (χ3n) is 2.67. The molecule has 0 radical (unpaired) electrons. The molecule has 0 aliphatic heterocycles. The summed E-state index contributed by atoms with van der Waals surface area (Å²) in [5.41, 5.74) is -0.706. The number of hydrogen-bond donors (Lipinski definition) is 1. The van der Waals surface area contributed by atoms with Crippen LogP contribution in [0.5, 0.6) is 5.88 Å². The topological polar surface area (TPSA) is 104 Å². The summed E-state index contributed by atoms with van der Waals surface area (Å²) in [6.07, 6.45) is 0.629. The van der Waals surface area contributed by atoms with Gasteiger partial charge in [-0.15, -0.1) is 0 Å². The van der Waals surface area contributed by atoms with E-state index in [1.165, 1.54) is 19.4 Å². The maximum absolute atomic E-state index is 11.8. The number of pyridine rings is 1. The van der Waals surface area contributed by atoms with Gasteiger partial charge in [-0.05, 0) is 33.3 Å². The molecule has 8 nitrogen and oxygen atoms in total. The van der Waals surface area contributed by atoms with Crippen LogP contribution < -0.4 is 10.1 Å². The molecule has 0 fully saturated rings. The number of alkyl carbamates (subject to hydrolysis) is 1. The van der Waals surface area contributed by atoms with Gasteiger partial charge in [0.2, 0.25) is 5.88 Å². The fraction of sp³-hybridized carbons (Fsp3) is 0.500. The van der Waals surface area contributed by atoms with Gasteiger partial charge in [-0.3, -0.25) is 4.79 Å². The van der Waals surface area contributed by atoms with Crippen LogP contribution in [0.3, 0.4) is 0 Å². The summed E-state index contributed by atoms with van der Waals surface area (Å²) < 4.78 is 14.7. The highest BCUT2D eigenvalue weighted by atomic mass is 16.6. The van der Waals surface area contributed by atoms with Crippen molar-refractivity contribution in [2.45, 2.75) is 45.3 Å². The van der Waals surface area contributed by atoms with Crippen LogP contribution in [0.2, 0.25) is 0 Å². The molecule has 1 unspecified atom stereocenters. The minimum absolute atomic E-state index is 0.0115. The Bertz CT molecular complexity index is 568. The van der Waals surface area contributed by atoms with E-state index >= 15 is 0 Å². The highest BCUT2D eigenvalue weighted by Gasteiger charge is 2.26. The van der Waals surface area contributed by atoms with E-state index in [1.54, 1.807) is 32.9 Å². The van der Waals surface area contributed by atoms with Crippen molar-refractivity contribution in [3.05, 3.63) is 24.4 Å². The van der Waals surface area contributed by atoms with Crippen LogP contribution in [0.25, 0.3) is 0 Å². The Kier molecular flexibility index (Phi) is 7.16. The molecule has 0 saturated heterocycles. The zero-order valence-electron chi connectivity index (χ0n) is 14.2. The number of amides is 1. The van der Waals surface area contributed by atoms with Gasteiger partial charge in [-0.2, -0.15) is 0 Å². The number of nitrogens with zero attached hydrogens (tertiary/aromatic N) is 1. The van der Waals surface area contributed by atoms with Crippen molar-refractivity contribution >= 4 is 18.0 Å². The predicted octanol–water partition coefficient (Wildman–Crippen LogP) is 1.83. The van der Waals surface area contributed by atoms with E-state index < -0.39 is 29.7 Å². The lowest BCUT2D eigenvalue weighted by molar-refractivity contribution is -0.143. The van der Waals surface area contributed by atoms with Crippen LogP contribution in [0.4, 0.5) is 4.79 Å². The lowest BCUT2D eigenvalue weighted by Crippen LogP contribution is -2.44. The molecule has 0 aliphatic carbocycles. The molecule has 1 aromatic rings. The van der Waals surface area contributed by atoms with E-state index in [0.717, 1.165) is 0 Å². The molecule has 0 aliphatic rings. The van der Waals surface area contributed by atoms with Crippen LogP contribution in [-0.2, 0) is 19.1 Å². The normalized spacial score (nSPS) is 12.0. The average Bonchev–Trinajstić information content (AvgIpc) is 2.49. The van der Waals surface area contributed by atoms with Crippen molar-refractivity contribution in [3.8, 4) is 5.88 Å². The van der Waals surface area contributed by atoms with E-state index in [2.05, 4.69) is 15.0 Å². The maximum Gasteiger partial charge on any atom is 0.408 e. The van der Waals surface area contributed by atoms with E-state index in [9.17, 15) is 14.4 Å². The van der Waals surface area contributed by atoms with Crippen LogP contribution in [0.15, 0.2) is 24.4 Å². The van der Waals surface area contributed by atoms with Crippen LogP contribution in [-0.4, -0.2) is 41.8 Å². The maximum atomic E-state index is 11.8. The van der Waals surface area contributed by atoms with Crippen molar-refractivity contribution < 1.29 is 28.6 Å². The van der Waals surface area contributed by atoms with E-state index in [-0.39, 0.29) is 18.7 Å². The van der Waals surface area contributed by atoms with Gasteiger partial charge >= 0.3 is 18.0 Å². The Balaban J connectivity index is 2.55. The van der Waals surface area contributed by atoms with E-state index in [4.69, 9.17) is 9.47 Å². The lowest BCUT2D eigenvalue weighted by Gasteiger charge is -2.22. The fourth-order valence-electron chi connectivity index (χ4n) is 1.68. The van der Waals surface area contributed by atoms with Crippen molar-refractivity contribution in [1.29, 1.82) is 0 Å². The first-order valence-electron chi connectivity index (χ1n) is 7.40. The summed E-state index contributed by atoms with van der Waals surface area (Å²) in [5.74, 6) is -1.09. The second kappa shape index (κ2) is 8.85. The largest absolute Gasteiger partial charge is 0.467 e. The van der Waals surface area contributed by atoms with Crippen molar-refractivity contribution in [3.63, 3.8) is 0 Å². The smallest absolute Gasteiger partial charge is 0.408 e. The molecule has 0 aromatic carbocycles. The Labute approximate surface area is 140 Å². The molecule has 1 rings (SSSR count). The first kappa shape index (κ1) is 19.4. The van der Waals surface area contributed by atoms with Crippen LogP contribution in [0, 0.1) is 0 Å². The number of carbonyl (C=O) groups is 3. The monoisotopic (exact) mass is 338 g/mol. The van der Waals surface area contributed by atoms with Gasteiger partial charge < -0.3 is 19.5 Å². The summed E-state index contributed by atoms with van der Waals surface area (Å²) in [7, 11) is 1.19. The number of esters is 2. The minimum Gasteiger partial charge on any atom is -0.467 e. The summed E-state index contributed by atoms with van der Waals surface area (Å²) in [4.78, 5) is 39.1. The average molecular weight is 338 g/mol. The first-order chi connectivity index (χ1) is 11.2. The molecule has 0 bridgehead atoms. The molecular weight excluding hydrogens is 316 g/mol. The molecule has 8 heteroatoms. The Hall–Kier alpha value is -2.64. The minimum atomic E-state index is -1.01. The summed E-state index contributed by atoms with van der Waals surface area (Å²) in [5, 5.41) is 2.38. The van der Waals surface area contributed by atoms with Gasteiger partial charge in [0.05, 0.1) is 7.11 Å². The number of nitrogens with one attached hydrogen (secondary N) is 1. The Morgan fingerprint density at radius 2 is 1.96 bits per heavy atom. The van der Waals surface area contributed by atoms with Crippen molar-refractivity contribution in [2.24, 2.45) is 0 Å². The zero-order valence-corrected chi connectivity index (χ0v) is 14.2. The van der Waals surface area contributed by atoms with E-state index in [0.29, 0.717) is 0 Å². The molecule has 1 amide bonds. The first-order valence-corrected chi connectivity index (χ1v) is 7.40. The van der Waals surface area contributed by atoms with Gasteiger partial charge in [-0.1, -0.05) is 6.07 Å². The quantitative estimate of drug-likeness (QED) is 0.789. The van der Waals surface area contributed by atoms with Crippen molar-refractivity contribution in [2.75, 3.05) is 7.11 Å². The Morgan fingerprint density at radius 1 is 1.25 bits per heavy atom. The van der Waals surface area contributed by atoms with Gasteiger partial charge in [-0.25, -0.2) is 14.6 Å². The third kappa shape index (κ3) is 7.57. The number of hydrogen-bond acceptors (Lipinski definition) is 7. The second-order valence-corrected chi connectivity index (χ2v) is 5.90. The van der Waals surface area contributed by atoms with Gasteiger partial charge in [0.15, 0.2) is 0 Å².